The van der Waals surface area contributed by atoms with Gasteiger partial charge in [0.25, 0.3) is 0 Å². The van der Waals surface area contributed by atoms with Crippen molar-refractivity contribution >= 4 is 22.0 Å². The highest BCUT2D eigenvalue weighted by atomic mass is 32.1. The lowest BCUT2D eigenvalue weighted by Crippen LogP contribution is -2.17. The summed E-state index contributed by atoms with van der Waals surface area (Å²) >= 11 is 1.39. The first-order chi connectivity index (χ1) is 7.29. The molecule has 0 saturated carbocycles. The number of anilines is 2. The van der Waals surface area contributed by atoms with Crippen LogP contribution in [0.5, 0.6) is 0 Å². The highest BCUT2D eigenvalue weighted by Crippen LogP contribution is 2.28. The zero-order chi connectivity index (χ0) is 10.7. The van der Waals surface area contributed by atoms with E-state index in [4.69, 9.17) is 15.7 Å². The average Bonchev–Trinajstić information content (AvgIpc) is 2.83. The van der Waals surface area contributed by atoms with Crippen LogP contribution < -0.4 is 11.1 Å². The second kappa shape index (κ2) is 4.51. The first-order valence-corrected chi connectivity index (χ1v) is 5.76. The topological polar surface area (TPSA) is 71.1 Å². The van der Waals surface area contributed by atoms with Gasteiger partial charge in [-0.05, 0) is 18.9 Å². The first kappa shape index (κ1) is 10.3. The monoisotopic (exact) mass is 223 g/mol. The zero-order valence-corrected chi connectivity index (χ0v) is 9.14. The van der Waals surface area contributed by atoms with Crippen molar-refractivity contribution in [2.45, 2.75) is 18.9 Å². The number of rotatable bonds is 3. The van der Waals surface area contributed by atoms with Crippen LogP contribution in [0, 0.1) is 11.3 Å². The van der Waals surface area contributed by atoms with Crippen molar-refractivity contribution in [3.05, 3.63) is 10.9 Å². The molecule has 0 spiro atoms. The maximum Gasteiger partial charge on any atom is 0.129 e. The Morgan fingerprint density at radius 2 is 2.60 bits per heavy atom. The van der Waals surface area contributed by atoms with Crippen LogP contribution in [0.25, 0.3) is 0 Å². The van der Waals surface area contributed by atoms with E-state index in [0.29, 0.717) is 16.7 Å². The summed E-state index contributed by atoms with van der Waals surface area (Å²) in [5, 5.41) is 12.9. The molecule has 0 aliphatic carbocycles. The molecule has 80 valence electrons. The van der Waals surface area contributed by atoms with Crippen LogP contribution in [-0.2, 0) is 4.74 Å². The van der Waals surface area contributed by atoms with Gasteiger partial charge in [0.15, 0.2) is 0 Å². The van der Waals surface area contributed by atoms with Gasteiger partial charge in [0.1, 0.15) is 10.9 Å². The molecule has 15 heavy (non-hydrogen) atoms. The molecule has 0 radical (unpaired) electrons. The molecule has 4 nitrogen and oxygen atoms in total. The predicted octanol–water partition coefficient (Wildman–Crippen LogP) is 1.79. The Kier molecular flexibility index (Phi) is 3.09. The van der Waals surface area contributed by atoms with Crippen molar-refractivity contribution in [2.75, 3.05) is 24.2 Å². The fourth-order valence-corrected chi connectivity index (χ4v) is 2.38. The summed E-state index contributed by atoms with van der Waals surface area (Å²) in [5.41, 5.74) is 6.21. The molecule has 1 saturated heterocycles. The number of hydrogen-bond donors (Lipinski definition) is 2. The molecule has 2 heterocycles. The van der Waals surface area contributed by atoms with Crippen LogP contribution in [-0.4, -0.2) is 19.3 Å². The first-order valence-electron chi connectivity index (χ1n) is 4.94. The number of ether oxygens (including phenoxy) is 1. The minimum Gasteiger partial charge on any atom is -0.397 e. The summed E-state index contributed by atoms with van der Waals surface area (Å²) in [4.78, 5) is 0.574. The van der Waals surface area contributed by atoms with Crippen LogP contribution in [0.4, 0.5) is 10.7 Å². The van der Waals surface area contributed by atoms with Crippen molar-refractivity contribution in [1.82, 2.24) is 0 Å². The number of nitrogen functional groups attached to an aromatic ring is 1. The molecule has 1 aliphatic heterocycles. The van der Waals surface area contributed by atoms with E-state index >= 15 is 0 Å². The number of thiophene rings is 1. The maximum absolute atomic E-state index is 8.74. The molecule has 1 aliphatic rings. The van der Waals surface area contributed by atoms with Gasteiger partial charge in [0.2, 0.25) is 0 Å². The fourth-order valence-electron chi connectivity index (χ4n) is 1.60. The zero-order valence-electron chi connectivity index (χ0n) is 8.32. The van der Waals surface area contributed by atoms with Crippen molar-refractivity contribution in [3.63, 3.8) is 0 Å². The fraction of sp³-hybridized carbons (Fsp3) is 0.500. The summed E-state index contributed by atoms with van der Waals surface area (Å²) in [6.45, 7) is 1.66. The van der Waals surface area contributed by atoms with Crippen LogP contribution in [0.2, 0.25) is 0 Å². The van der Waals surface area contributed by atoms with E-state index in [1.54, 1.807) is 6.07 Å². The van der Waals surface area contributed by atoms with E-state index in [2.05, 4.69) is 11.4 Å². The highest BCUT2D eigenvalue weighted by molar-refractivity contribution is 7.17. The molecule has 5 heteroatoms. The lowest BCUT2D eigenvalue weighted by atomic mass is 10.2. The molecule has 0 aromatic carbocycles. The Balaban J connectivity index is 1.90. The van der Waals surface area contributed by atoms with Gasteiger partial charge in [-0.1, -0.05) is 0 Å². The van der Waals surface area contributed by atoms with Crippen LogP contribution in [0.1, 0.15) is 17.7 Å². The minimum absolute atomic E-state index is 0.305. The Labute approximate surface area is 92.7 Å². The van der Waals surface area contributed by atoms with Gasteiger partial charge in [0.05, 0.1) is 16.8 Å². The Hall–Kier alpha value is -1.25. The number of nitrogens with one attached hydrogen (secondary N) is 1. The number of nitrogens with two attached hydrogens (primary N) is 1. The standard InChI is InChI=1S/C10H13N3OS/c11-5-9-8(12)4-10(15-9)13-6-7-2-1-3-14-7/h4,7,13H,1-3,6,12H2. The molecule has 1 unspecified atom stereocenters. The van der Waals surface area contributed by atoms with Crippen molar-refractivity contribution in [2.24, 2.45) is 0 Å². The lowest BCUT2D eigenvalue weighted by Gasteiger charge is -2.09. The number of hydrogen-bond acceptors (Lipinski definition) is 5. The van der Waals surface area contributed by atoms with Gasteiger partial charge in [0, 0.05) is 13.2 Å². The van der Waals surface area contributed by atoms with Crippen molar-refractivity contribution < 1.29 is 4.74 Å². The summed E-state index contributed by atoms with van der Waals surface area (Å²) < 4.78 is 5.48. The smallest absolute Gasteiger partial charge is 0.129 e. The Morgan fingerprint density at radius 1 is 1.73 bits per heavy atom. The molecule has 1 aromatic heterocycles. The van der Waals surface area contributed by atoms with E-state index in [1.807, 2.05) is 0 Å². The quantitative estimate of drug-likeness (QED) is 0.819. The summed E-state index contributed by atoms with van der Waals surface area (Å²) in [6.07, 6.45) is 2.56. The second-order valence-corrected chi connectivity index (χ2v) is 4.58. The Bertz CT molecular complexity index is 377. The van der Waals surface area contributed by atoms with Crippen molar-refractivity contribution in [3.8, 4) is 6.07 Å². The van der Waals surface area contributed by atoms with E-state index in [0.717, 1.165) is 31.0 Å². The van der Waals surface area contributed by atoms with E-state index in [-0.39, 0.29) is 0 Å². The average molecular weight is 223 g/mol. The largest absolute Gasteiger partial charge is 0.397 e. The highest BCUT2D eigenvalue weighted by Gasteiger charge is 2.15. The normalized spacial score (nSPS) is 20.1. The third-order valence-corrected chi connectivity index (χ3v) is 3.40. The van der Waals surface area contributed by atoms with E-state index in [1.165, 1.54) is 11.3 Å². The molecule has 0 bridgehead atoms. The summed E-state index contributed by atoms with van der Waals surface area (Å²) in [6, 6.07) is 3.87. The summed E-state index contributed by atoms with van der Waals surface area (Å²) in [5.74, 6) is 0. The van der Waals surface area contributed by atoms with Gasteiger partial charge in [-0.15, -0.1) is 11.3 Å². The molecule has 2 rings (SSSR count). The molecule has 0 amide bonds. The number of nitrogens with zero attached hydrogens (tertiary/aromatic N) is 1. The maximum atomic E-state index is 8.74. The van der Waals surface area contributed by atoms with Crippen LogP contribution in [0.3, 0.4) is 0 Å². The molecular weight excluding hydrogens is 210 g/mol. The van der Waals surface area contributed by atoms with Crippen molar-refractivity contribution in [1.29, 1.82) is 5.26 Å². The third-order valence-electron chi connectivity index (χ3n) is 2.39. The van der Waals surface area contributed by atoms with Gasteiger partial charge >= 0.3 is 0 Å². The SMILES string of the molecule is N#Cc1sc(NCC2CCCO2)cc1N. The molecule has 3 N–H and O–H groups in total. The molecule has 1 aromatic rings. The van der Waals surface area contributed by atoms with E-state index in [9.17, 15) is 0 Å². The second-order valence-electron chi connectivity index (χ2n) is 3.52. The summed E-state index contributed by atoms with van der Waals surface area (Å²) in [7, 11) is 0. The lowest BCUT2D eigenvalue weighted by molar-refractivity contribution is 0.120. The van der Waals surface area contributed by atoms with Crippen LogP contribution >= 0.6 is 11.3 Å². The van der Waals surface area contributed by atoms with Gasteiger partial charge in [-0.2, -0.15) is 5.26 Å². The minimum atomic E-state index is 0.305. The van der Waals surface area contributed by atoms with Gasteiger partial charge < -0.3 is 15.8 Å². The third kappa shape index (κ3) is 2.41. The van der Waals surface area contributed by atoms with E-state index < -0.39 is 0 Å². The van der Waals surface area contributed by atoms with Crippen LogP contribution in [0.15, 0.2) is 6.07 Å². The Morgan fingerprint density at radius 3 is 3.20 bits per heavy atom. The number of nitriles is 1. The van der Waals surface area contributed by atoms with Gasteiger partial charge in [-0.25, -0.2) is 0 Å². The van der Waals surface area contributed by atoms with Gasteiger partial charge in [-0.3, -0.25) is 0 Å². The molecule has 1 atom stereocenters. The molecule has 1 fully saturated rings. The molecular formula is C10H13N3OS. The predicted molar refractivity (Wildman–Crippen MR) is 60.9 cm³/mol.